The fourth-order valence-electron chi connectivity index (χ4n) is 4.20. The smallest absolute Gasteiger partial charge is 0.303 e. The molecule has 2 heterocycles. The van der Waals surface area contributed by atoms with Crippen molar-refractivity contribution in [2.75, 3.05) is 5.75 Å². The van der Waals surface area contributed by atoms with Crippen LogP contribution >= 0.6 is 23.5 Å². The number of carboxylic acids is 1. The van der Waals surface area contributed by atoms with Crippen molar-refractivity contribution in [1.29, 1.82) is 0 Å². The molecule has 0 unspecified atom stereocenters. The fourth-order valence-corrected chi connectivity index (χ4v) is 7.22. The first-order valence-electron chi connectivity index (χ1n) is 9.84. The van der Waals surface area contributed by atoms with Crippen molar-refractivity contribution in [3.8, 4) is 0 Å². The molecule has 0 saturated carbocycles. The number of ketones is 1. The van der Waals surface area contributed by atoms with Gasteiger partial charge in [0, 0.05) is 28.6 Å². The molecule has 3 nitrogen and oxygen atoms in total. The molecule has 4 atom stereocenters. The molecular weight excluding hydrogens is 376 g/mol. The molecule has 3 rings (SSSR count). The molecule has 27 heavy (non-hydrogen) atoms. The summed E-state index contributed by atoms with van der Waals surface area (Å²) in [6, 6.07) is 10.6. The monoisotopic (exact) mass is 404 g/mol. The molecule has 2 fully saturated rings. The van der Waals surface area contributed by atoms with Gasteiger partial charge in [0.2, 0.25) is 0 Å². The van der Waals surface area contributed by atoms with E-state index in [4.69, 9.17) is 5.11 Å². The van der Waals surface area contributed by atoms with Gasteiger partial charge in [-0.05, 0) is 55.4 Å². The zero-order valence-electron chi connectivity index (χ0n) is 15.6. The number of rotatable bonds is 11. The fraction of sp³-hybridized carbons (Fsp3) is 0.545. The van der Waals surface area contributed by atoms with Crippen LogP contribution in [-0.2, 0) is 15.3 Å². The van der Waals surface area contributed by atoms with Gasteiger partial charge in [-0.1, -0.05) is 36.4 Å². The third kappa shape index (κ3) is 5.89. The number of carboxylic acid groups (broad SMARTS) is 1. The molecular formula is C22H28O3S2. The Labute approximate surface area is 170 Å². The van der Waals surface area contributed by atoms with Crippen molar-refractivity contribution in [2.24, 2.45) is 11.8 Å². The van der Waals surface area contributed by atoms with Crippen molar-refractivity contribution in [3.63, 3.8) is 0 Å². The summed E-state index contributed by atoms with van der Waals surface area (Å²) in [5.41, 5.74) is 1.36. The minimum absolute atomic E-state index is 0.168. The lowest BCUT2D eigenvalue weighted by Crippen LogP contribution is -2.33. The van der Waals surface area contributed by atoms with Gasteiger partial charge < -0.3 is 5.11 Å². The van der Waals surface area contributed by atoms with E-state index in [-0.39, 0.29) is 18.1 Å². The Balaban J connectivity index is 1.46. The maximum Gasteiger partial charge on any atom is 0.303 e. The van der Waals surface area contributed by atoms with E-state index in [0.29, 0.717) is 29.3 Å². The van der Waals surface area contributed by atoms with Gasteiger partial charge in [-0.2, -0.15) is 23.5 Å². The molecule has 2 bridgehead atoms. The number of allylic oxidation sites excluding steroid dienone is 2. The quantitative estimate of drug-likeness (QED) is 0.406. The Bertz CT molecular complexity index is 659. The highest BCUT2D eigenvalue weighted by Crippen LogP contribution is 2.54. The van der Waals surface area contributed by atoms with E-state index in [9.17, 15) is 9.59 Å². The van der Waals surface area contributed by atoms with Gasteiger partial charge in [-0.25, -0.2) is 0 Å². The third-order valence-electron chi connectivity index (χ3n) is 5.50. The Morgan fingerprint density at radius 1 is 1.19 bits per heavy atom. The lowest BCUT2D eigenvalue weighted by Gasteiger charge is -2.28. The first-order valence-corrected chi connectivity index (χ1v) is 11.9. The standard InChI is InChI=1S/C22H28O3S2/c23-18(9-5-2-6-10-21(24)25)22-17(19-11-12-20(22)27-19)13-14-26-15-16-7-3-1-4-8-16/h1,3-5,7-9,17,19-20,22H,2,6,10-15H2,(H,24,25)/t17-,19+,20-,22+/m1/s1. The van der Waals surface area contributed by atoms with Crippen LogP contribution in [0.25, 0.3) is 0 Å². The van der Waals surface area contributed by atoms with E-state index in [1.165, 1.54) is 18.4 Å². The van der Waals surface area contributed by atoms with E-state index in [2.05, 4.69) is 24.3 Å². The molecule has 2 aliphatic heterocycles. The zero-order valence-corrected chi connectivity index (χ0v) is 17.2. The summed E-state index contributed by atoms with van der Waals surface area (Å²) in [6.45, 7) is 0. The molecule has 0 spiro atoms. The van der Waals surface area contributed by atoms with Gasteiger partial charge >= 0.3 is 5.97 Å². The number of carbonyl (C=O) groups is 2. The molecule has 1 aromatic carbocycles. The van der Waals surface area contributed by atoms with Gasteiger partial charge in [0.15, 0.2) is 5.78 Å². The zero-order chi connectivity index (χ0) is 19.1. The van der Waals surface area contributed by atoms with Crippen LogP contribution in [0.15, 0.2) is 42.5 Å². The van der Waals surface area contributed by atoms with Crippen LogP contribution in [0.3, 0.4) is 0 Å². The van der Waals surface area contributed by atoms with Crippen LogP contribution in [0, 0.1) is 11.8 Å². The van der Waals surface area contributed by atoms with Gasteiger partial charge in [-0.3, -0.25) is 9.59 Å². The number of hydrogen-bond donors (Lipinski definition) is 1. The summed E-state index contributed by atoms with van der Waals surface area (Å²) in [6.07, 6.45) is 8.61. The van der Waals surface area contributed by atoms with Gasteiger partial charge in [0.1, 0.15) is 0 Å². The van der Waals surface area contributed by atoms with Crippen LogP contribution in [-0.4, -0.2) is 33.1 Å². The summed E-state index contributed by atoms with van der Waals surface area (Å²) in [4.78, 5) is 23.3. The molecule has 0 aliphatic carbocycles. The van der Waals surface area contributed by atoms with E-state index in [0.717, 1.165) is 17.9 Å². The van der Waals surface area contributed by atoms with Crippen LogP contribution in [0.5, 0.6) is 0 Å². The minimum Gasteiger partial charge on any atom is -0.481 e. The highest BCUT2D eigenvalue weighted by molar-refractivity contribution is 8.01. The van der Waals surface area contributed by atoms with Crippen LogP contribution in [0.4, 0.5) is 0 Å². The third-order valence-corrected chi connectivity index (χ3v) is 8.38. The highest BCUT2D eigenvalue weighted by Gasteiger charge is 2.50. The number of aliphatic carboxylic acids is 1. The maximum atomic E-state index is 12.8. The normalized spacial score (nSPS) is 26.7. The Kier molecular flexibility index (Phi) is 7.89. The number of fused-ring (bicyclic) bond motifs is 2. The molecule has 1 aromatic rings. The molecule has 0 radical (unpaired) electrons. The second-order valence-corrected chi connectivity index (χ2v) is 9.99. The topological polar surface area (TPSA) is 54.4 Å². The summed E-state index contributed by atoms with van der Waals surface area (Å²) < 4.78 is 0. The molecule has 2 saturated heterocycles. The Hall–Kier alpha value is -1.20. The van der Waals surface area contributed by atoms with E-state index >= 15 is 0 Å². The SMILES string of the molecule is O=C(O)CCCC=CC(=O)[C@@H]1[C@H](CCSCc2ccccc2)[C@@H]2CC[C@H]1S2. The Morgan fingerprint density at radius 2 is 1.96 bits per heavy atom. The number of carbonyl (C=O) groups excluding carboxylic acids is 1. The van der Waals surface area contributed by atoms with Gasteiger partial charge in [0.05, 0.1) is 0 Å². The molecule has 2 aliphatic rings. The lowest BCUT2D eigenvalue weighted by molar-refractivity contribution is -0.137. The highest BCUT2D eigenvalue weighted by atomic mass is 32.2. The molecule has 0 amide bonds. The molecule has 0 aromatic heterocycles. The average Bonchev–Trinajstić information content (AvgIpc) is 3.27. The number of benzene rings is 1. The number of hydrogen-bond acceptors (Lipinski definition) is 4. The Morgan fingerprint density at radius 3 is 2.74 bits per heavy atom. The summed E-state index contributed by atoms with van der Waals surface area (Å²) in [7, 11) is 0. The minimum atomic E-state index is -0.771. The van der Waals surface area contributed by atoms with E-state index in [1.807, 2.05) is 35.7 Å². The van der Waals surface area contributed by atoms with Gasteiger partial charge in [0.25, 0.3) is 0 Å². The molecule has 5 heteroatoms. The summed E-state index contributed by atoms with van der Waals surface area (Å²) in [5.74, 6) is 2.32. The van der Waals surface area contributed by atoms with E-state index < -0.39 is 5.97 Å². The largest absolute Gasteiger partial charge is 0.481 e. The van der Waals surface area contributed by atoms with Crippen molar-refractivity contribution in [3.05, 3.63) is 48.0 Å². The van der Waals surface area contributed by atoms with Crippen LogP contribution in [0.1, 0.15) is 44.1 Å². The first-order chi connectivity index (χ1) is 13.1. The van der Waals surface area contributed by atoms with Gasteiger partial charge in [-0.15, -0.1) is 0 Å². The van der Waals surface area contributed by atoms with Crippen LogP contribution < -0.4 is 0 Å². The summed E-state index contributed by atoms with van der Waals surface area (Å²) >= 11 is 4.00. The van der Waals surface area contributed by atoms with Crippen molar-refractivity contribution < 1.29 is 14.7 Å². The van der Waals surface area contributed by atoms with E-state index in [1.54, 1.807) is 6.08 Å². The second-order valence-electron chi connectivity index (χ2n) is 7.40. The summed E-state index contributed by atoms with van der Waals surface area (Å²) in [5, 5.41) is 9.83. The predicted molar refractivity (Wildman–Crippen MR) is 114 cm³/mol. The number of thioether (sulfide) groups is 2. The molecule has 1 N–H and O–H groups in total. The molecule has 146 valence electrons. The lowest BCUT2D eigenvalue weighted by atomic mass is 9.75. The average molecular weight is 405 g/mol. The first kappa shape index (κ1) is 20.5. The van der Waals surface area contributed by atoms with Crippen molar-refractivity contribution in [2.45, 2.75) is 54.8 Å². The number of unbranched alkanes of at least 4 members (excludes halogenated alkanes) is 1. The second kappa shape index (κ2) is 10.4. The maximum absolute atomic E-state index is 12.8. The van der Waals surface area contributed by atoms with Crippen molar-refractivity contribution >= 4 is 35.3 Å². The predicted octanol–water partition coefficient (Wildman–Crippen LogP) is 5.20. The van der Waals surface area contributed by atoms with Crippen molar-refractivity contribution in [1.82, 2.24) is 0 Å². The van der Waals surface area contributed by atoms with Crippen LogP contribution in [0.2, 0.25) is 0 Å².